The van der Waals surface area contributed by atoms with Gasteiger partial charge in [0.1, 0.15) is 0 Å². The van der Waals surface area contributed by atoms with E-state index >= 15 is 0 Å². The van der Waals surface area contributed by atoms with Crippen LogP contribution in [0.4, 0.5) is 4.79 Å². The van der Waals surface area contributed by atoms with Gasteiger partial charge in [0.05, 0.1) is 5.52 Å². The number of amides is 1. The Bertz CT molecular complexity index is 666. The lowest BCUT2D eigenvalue weighted by atomic mass is 10.1. The standard InChI is InChI=1S/C15H18N2O3S/c1-10(16-14(18)6-7-21)8-11-9-17(15(19)20)13-5-3-2-4-12(11)13/h2-5,9-10,21H,6-8H2,1H3,(H,16,18)(H,19,20)/t10-/m1/s1. The molecule has 6 heteroatoms. The predicted molar refractivity (Wildman–Crippen MR) is 85.1 cm³/mol. The van der Waals surface area contributed by atoms with Crippen molar-refractivity contribution in [2.45, 2.75) is 25.8 Å². The van der Waals surface area contributed by atoms with E-state index < -0.39 is 6.09 Å². The Hall–Kier alpha value is -1.95. The summed E-state index contributed by atoms with van der Waals surface area (Å²) >= 11 is 4.03. The van der Waals surface area contributed by atoms with Crippen LogP contribution in [-0.4, -0.2) is 33.5 Å². The molecule has 0 aliphatic rings. The summed E-state index contributed by atoms with van der Waals surface area (Å²) in [5.41, 5.74) is 1.57. The molecule has 0 fully saturated rings. The lowest BCUT2D eigenvalue weighted by Crippen LogP contribution is -2.34. The van der Waals surface area contributed by atoms with Gasteiger partial charge >= 0.3 is 6.09 Å². The Labute approximate surface area is 128 Å². The summed E-state index contributed by atoms with van der Waals surface area (Å²) in [6.45, 7) is 1.91. The molecule has 1 aromatic carbocycles. The van der Waals surface area contributed by atoms with Gasteiger partial charge in [-0.3, -0.25) is 9.36 Å². The molecule has 0 radical (unpaired) electrons. The minimum absolute atomic E-state index is 0.0422. The third-order valence-corrected chi connectivity index (χ3v) is 3.50. The molecule has 21 heavy (non-hydrogen) atoms. The summed E-state index contributed by atoms with van der Waals surface area (Å²) in [7, 11) is 0. The third kappa shape index (κ3) is 3.58. The zero-order valence-electron chi connectivity index (χ0n) is 11.7. The van der Waals surface area contributed by atoms with Crippen molar-refractivity contribution < 1.29 is 14.7 Å². The van der Waals surface area contributed by atoms with E-state index in [4.69, 9.17) is 0 Å². The number of carbonyl (C=O) groups is 2. The maximum absolute atomic E-state index is 11.6. The van der Waals surface area contributed by atoms with Gasteiger partial charge in [0.2, 0.25) is 5.91 Å². The SMILES string of the molecule is C[C@H](Cc1cn(C(=O)O)c2ccccc12)NC(=O)CCS. The number of carboxylic acid groups (broad SMARTS) is 1. The molecule has 0 aliphatic carbocycles. The molecule has 0 saturated heterocycles. The van der Waals surface area contributed by atoms with Crippen LogP contribution in [0.15, 0.2) is 30.5 Å². The number of thiol groups is 1. The van der Waals surface area contributed by atoms with Gasteiger partial charge in [-0.15, -0.1) is 0 Å². The molecule has 0 bridgehead atoms. The van der Waals surface area contributed by atoms with Gasteiger partial charge in [0.15, 0.2) is 0 Å². The van der Waals surface area contributed by atoms with Crippen LogP contribution in [0.3, 0.4) is 0 Å². The average Bonchev–Trinajstić information content (AvgIpc) is 2.78. The van der Waals surface area contributed by atoms with Crippen LogP contribution in [0.25, 0.3) is 10.9 Å². The van der Waals surface area contributed by atoms with Crippen molar-refractivity contribution in [2.24, 2.45) is 0 Å². The molecule has 112 valence electrons. The van der Waals surface area contributed by atoms with E-state index in [9.17, 15) is 14.7 Å². The second-order valence-corrected chi connectivity index (χ2v) is 5.42. The summed E-state index contributed by atoms with van der Waals surface area (Å²) in [6.07, 6.45) is 1.57. The average molecular weight is 306 g/mol. The topological polar surface area (TPSA) is 71.3 Å². The van der Waals surface area contributed by atoms with E-state index in [0.717, 1.165) is 10.9 Å². The molecule has 1 aromatic heterocycles. The first-order chi connectivity index (χ1) is 10.0. The van der Waals surface area contributed by atoms with Crippen molar-refractivity contribution in [1.29, 1.82) is 0 Å². The quantitative estimate of drug-likeness (QED) is 0.743. The van der Waals surface area contributed by atoms with E-state index in [1.807, 2.05) is 25.1 Å². The first-order valence-corrected chi connectivity index (χ1v) is 7.38. The maximum Gasteiger partial charge on any atom is 0.416 e. The summed E-state index contributed by atoms with van der Waals surface area (Å²) in [4.78, 5) is 22.8. The number of benzene rings is 1. The van der Waals surface area contributed by atoms with Crippen LogP contribution < -0.4 is 5.32 Å². The molecular formula is C15H18N2O3S. The van der Waals surface area contributed by atoms with Gasteiger partial charge in [-0.25, -0.2) is 4.79 Å². The molecule has 1 amide bonds. The van der Waals surface area contributed by atoms with Crippen LogP contribution in [0.5, 0.6) is 0 Å². The Morgan fingerprint density at radius 1 is 1.38 bits per heavy atom. The van der Waals surface area contributed by atoms with Crippen molar-refractivity contribution in [1.82, 2.24) is 9.88 Å². The summed E-state index contributed by atoms with van der Waals surface area (Å²) in [6, 6.07) is 7.29. The monoisotopic (exact) mass is 306 g/mol. The number of hydrogen-bond acceptors (Lipinski definition) is 3. The highest BCUT2D eigenvalue weighted by atomic mass is 32.1. The van der Waals surface area contributed by atoms with Gasteiger partial charge in [0, 0.05) is 24.0 Å². The van der Waals surface area contributed by atoms with Gasteiger partial charge in [-0.1, -0.05) is 18.2 Å². The highest BCUT2D eigenvalue weighted by Crippen LogP contribution is 2.22. The minimum atomic E-state index is -1.01. The summed E-state index contributed by atoms with van der Waals surface area (Å²) in [5.74, 6) is 0.469. The molecule has 1 atom stereocenters. The minimum Gasteiger partial charge on any atom is -0.464 e. The summed E-state index contributed by atoms with van der Waals surface area (Å²) < 4.78 is 1.22. The zero-order chi connectivity index (χ0) is 15.4. The Balaban J connectivity index is 2.22. The van der Waals surface area contributed by atoms with Crippen molar-refractivity contribution in [3.8, 4) is 0 Å². The highest BCUT2D eigenvalue weighted by molar-refractivity contribution is 7.80. The normalized spacial score (nSPS) is 12.3. The number of nitrogens with zero attached hydrogens (tertiary/aromatic N) is 1. The Morgan fingerprint density at radius 3 is 2.76 bits per heavy atom. The van der Waals surface area contributed by atoms with Crippen LogP contribution in [0, 0.1) is 0 Å². The number of aromatic nitrogens is 1. The Kier molecular flexibility index (Phi) is 4.90. The molecule has 0 saturated carbocycles. The number of carbonyl (C=O) groups excluding carboxylic acids is 1. The van der Waals surface area contributed by atoms with Crippen LogP contribution in [0.2, 0.25) is 0 Å². The number of fused-ring (bicyclic) bond motifs is 1. The second kappa shape index (κ2) is 6.67. The molecular weight excluding hydrogens is 288 g/mol. The summed E-state index contributed by atoms with van der Waals surface area (Å²) in [5, 5.41) is 13.0. The number of nitrogens with one attached hydrogen (secondary N) is 1. The van der Waals surface area contributed by atoms with E-state index in [0.29, 0.717) is 24.1 Å². The third-order valence-electron chi connectivity index (χ3n) is 3.27. The van der Waals surface area contributed by atoms with E-state index in [-0.39, 0.29) is 11.9 Å². The highest BCUT2D eigenvalue weighted by Gasteiger charge is 2.15. The molecule has 2 N–H and O–H groups in total. The molecule has 0 aliphatic heterocycles. The largest absolute Gasteiger partial charge is 0.464 e. The van der Waals surface area contributed by atoms with E-state index in [1.165, 1.54) is 4.57 Å². The lowest BCUT2D eigenvalue weighted by molar-refractivity contribution is -0.121. The maximum atomic E-state index is 11.6. The van der Waals surface area contributed by atoms with Gasteiger partial charge < -0.3 is 10.4 Å². The van der Waals surface area contributed by atoms with Crippen molar-refractivity contribution in [3.63, 3.8) is 0 Å². The number of rotatable bonds is 5. The van der Waals surface area contributed by atoms with Gasteiger partial charge in [-0.05, 0) is 30.7 Å². The number of para-hydroxylation sites is 1. The second-order valence-electron chi connectivity index (χ2n) is 4.97. The zero-order valence-corrected chi connectivity index (χ0v) is 12.6. The fraction of sp³-hybridized carbons (Fsp3) is 0.333. The lowest BCUT2D eigenvalue weighted by Gasteiger charge is -2.13. The first kappa shape index (κ1) is 15.4. The smallest absolute Gasteiger partial charge is 0.416 e. The fourth-order valence-electron chi connectivity index (χ4n) is 2.40. The molecule has 0 unspecified atom stereocenters. The molecule has 2 rings (SSSR count). The molecule has 2 aromatic rings. The van der Waals surface area contributed by atoms with Crippen LogP contribution in [0.1, 0.15) is 18.9 Å². The van der Waals surface area contributed by atoms with Crippen LogP contribution >= 0.6 is 12.6 Å². The van der Waals surface area contributed by atoms with E-state index in [2.05, 4.69) is 17.9 Å². The molecule has 5 nitrogen and oxygen atoms in total. The van der Waals surface area contributed by atoms with Gasteiger partial charge in [-0.2, -0.15) is 12.6 Å². The number of hydrogen-bond donors (Lipinski definition) is 3. The van der Waals surface area contributed by atoms with Gasteiger partial charge in [0.25, 0.3) is 0 Å². The first-order valence-electron chi connectivity index (χ1n) is 6.75. The fourth-order valence-corrected chi connectivity index (χ4v) is 2.60. The van der Waals surface area contributed by atoms with Crippen molar-refractivity contribution in [2.75, 3.05) is 5.75 Å². The molecule has 0 spiro atoms. The van der Waals surface area contributed by atoms with Crippen molar-refractivity contribution >= 4 is 35.5 Å². The van der Waals surface area contributed by atoms with E-state index in [1.54, 1.807) is 12.3 Å². The van der Waals surface area contributed by atoms with Crippen molar-refractivity contribution in [3.05, 3.63) is 36.0 Å². The Morgan fingerprint density at radius 2 is 2.10 bits per heavy atom. The van der Waals surface area contributed by atoms with Crippen LogP contribution in [-0.2, 0) is 11.2 Å². The molecule has 1 heterocycles. The predicted octanol–water partition coefficient (Wildman–Crippen LogP) is 2.53.